The van der Waals surface area contributed by atoms with Crippen molar-refractivity contribution in [3.05, 3.63) is 0 Å². The Morgan fingerprint density at radius 3 is 2.33 bits per heavy atom. The van der Waals surface area contributed by atoms with Gasteiger partial charge in [-0.25, -0.2) is 0 Å². The molecule has 0 aromatic rings. The van der Waals surface area contributed by atoms with Crippen LogP contribution in [0.2, 0.25) is 18.1 Å². The van der Waals surface area contributed by atoms with Gasteiger partial charge in [0.15, 0.2) is 0 Å². The van der Waals surface area contributed by atoms with E-state index in [4.69, 9.17) is 4.53 Å². The maximum absolute atomic E-state index is 10.1. The molecule has 0 saturated heterocycles. The summed E-state index contributed by atoms with van der Waals surface area (Å²) in [5.41, 5.74) is 0. The maximum Gasteiger partial charge on any atom is 0.286 e. The van der Waals surface area contributed by atoms with Gasteiger partial charge in [-0.15, -0.1) is 5.16 Å². The highest BCUT2D eigenvalue weighted by Gasteiger charge is 2.39. The summed E-state index contributed by atoms with van der Waals surface area (Å²) in [6, 6.07) is 0. The van der Waals surface area contributed by atoms with E-state index in [-0.39, 0.29) is 5.04 Å². The summed E-state index contributed by atoms with van der Waals surface area (Å²) in [6.07, 6.45) is 4.97. The van der Waals surface area contributed by atoms with Crippen LogP contribution in [-0.4, -0.2) is 20.8 Å². The fraction of sp³-hybridized carbons (Fsp3) is 0.818. The second-order valence-corrected chi connectivity index (χ2v) is 9.94. The van der Waals surface area contributed by atoms with Gasteiger partial charge < -0.3 is 9.32 Å². The van der Waals surface area contributed by atoms with Crippen LogP contribution >= 0.6 is 0 Å². The molecule has 0 aromatic carbocycles. The van der Waals surface area contributed by atoms with E-state index in [1.54, 1.807) is 6.21 Å². The second kappa shape index (κ2) is 6.05. The molecule has 0 saturated carbocycles. The van der Waals surface area contributed by atoms with Crippen LogP contribution in [0.15, 0.2) is 5.16 Å². The predicted molar refractivity (Wildman–Crippen MR) is 66.7 cm³/mol. The number of carbonyl (C=O) groups excluding carboxylic acids is 1. The first-order valence-corrected chi connectivity index (χ1v) is 8.36. The summed E-state index contributed by atoms with van der Waals surface area (Å²) in [6.45, 7) is 10.9. The maximum atomic E-state index is 10.1. The number of rotatable bonds is 6. The second-order valence-electron chi connectivity index (χ2n) is 5.24. The molecule has 4 heteroatoms. The molecule has 0 spiro atoms. The van der Waals surface area contributed by atoms with Crippen molar-refractivity contribution in [2.24, 2.45) is 5.16 Å². The average Bonchev–Trinajstić information content (AvgIpc) is 2.09. The lowest BCUT2D eigenvalue weighted by atomic mass is 10.2. The lowest BCUT2D eigenvalue weighted by molar-refractivity contribution is -0.107. The summed E-state index contributed by atoms with van der Waals surface area (Å²) in [7, 11) is -1.74. The van der Waals surface area contributed by atoms with Crippen molar-refractivity contribution >= 4 is 20.8 Å². The van der Waals surface area contributed by atoms with Crippen molar-refractivity contribution in [1.29, 1.82) is 0 Å². The molecule has 0 heterocycles. The van der Waals surface area contributed by atoms with Gasteiger partial charge in [0.1, 0.15) is 6.29 Å². The molecular formula is C11H23NO2Si. The van der Waals surface area contributed by atoms with Gasteiger partial charge in [0.05, 0.1) is 0 Å². The van der Waals surface area contributed by atoms with Gasteiger partial charge in [-0.05, 0) is 31.0 Å². The first-order valence-electron chi connectivity index (χ1n) is 5.45. The van der Waals surface area contributed by atoms with E-state index >= 15 is 0 Å². The van der Waals surface area contributed by atoms with Crippen molar-refractivity contribution < 1.29 is 9.32 Å². The van der Waals surface area contributed by atoms with Crippen molar-refractivity contribution in [3.63, 3.8) is 0 Å². The Hall–Kier alpha value is -0.643. The molecule has 0 aromatic heterocycles. The fourth-order valence-corrected chi connectivity index (χ4v) is 1.26. The van der Waals surface area contributed by atoms with Crippen LogP contribution < -0.4 is 0 Å². The summed E-state index contributed by atoms with van der Waals surface area (Å²) in [5.74, 6) is 0. The lowest BCUT2D eigenvalue weighted by Crippen LogP contribution is -2.39. The quantitative estimate of drug-likeness (QED) is 0.230. The third kappa shape index (κ3) is 5.72. The third-order valence-corrected chi connectivity index (χ3v) is 6.99. The number of hydrogen-bond donors (Lipinski definition) is 0. The first kappa shape index (κ1) is 14.4. The Kier molecular flexibility index (Phi) is 5.79. The van der Waals surface area contributed by atoms with Gasteiger partial charge in [0.2, 0.25) is 0 Å². The van der Waals surface area contributed by atoms with Gasteiger partial charge in [0, 0.05) is 12.6 Å². The van der Waals surface area contributed by atoms with E-state index < -0.39 is 8.32 Å². The summed E-state index contributed by atoms with van der Waals surface area (Å²) < 4.78 is 5.59. The van der Waals surface area contributed by atoms with Crippen molar-refractivity contribution in [1.82, 2.24) is 0 Å². The molecule has 0 N–H and O–H groups in total. The molecule has 0 aliphatic heterocycles. The Balaban J connectivity index is 3.88. The van der Waals surface area contributed by atoms with E-state index in [9.17, 15) is 4.79 Å². The lowest BCUT2D eigenvalue weighted by Gasteiger charge is -2.33. The van der Waals surface area contributed by atoms with Crippen molar-refractivity contribution in [3.8, 4) is 0 Å². The smallest absolute Gasteiger partial charge is 0.286 e. The molecule has 0 amide bonds. The third-order valence-electron chi connectivity index (χ3n) is 2.82. The summed E-state index contributed by atoms with van der Waals surface area (Å²) >= 11 is 0. The highest BCUT2D eigenvalue weighted by Crippen LogP contribution is 2.36. The molecule has 0 rings (SSSR count). The summed E-state index contributed by atoms with van der Waals surface area (Å²) in [5, 5.41) is 4.19. The van der Waals surface area contributed by atoms with Gasteiger partial charge >= 0.3 is 0 Å². The minimum absolute atomic E-state index is 0.188. The Bertz CT molecular complexity index is 219. The average molecular weight is 229 g/mol. The molecule has 0 fully saturated rings. The molecular weight excluding hydrogens is 206 g/mol. The van der Waals surface area contributed by atoms with E-state index in [0.717, 1.165) is 19.1 Å². The number of hydrogen-bond acceptors (Lipinski definition) is 3. The van der Waals surface area contributed by atoms with Crippen LogP contribution in [0.1, 0.15) is 40.0 Å². The molecule has 15 heavy (non-hydrogen) atoms. The molecule has 0 bridgehead atoms. The zero-order valence-electron chi connectivity index (χ0n) is 10.5. The zero-order chi connectivity index (χ0) is 11.9. The van der Waals surface area contributed by atoms with Gasteiger partial charge in [0.25, 0.3) is 8.32 Å². The minimum atomic E-state index is -1.74. The number of oxime groups is 1. The van der Waals surface area contributed by atoms with Crippen LogP contribution in [0.3, 0.4) is 0 Å². The number of carbonyl (C=O) groups is 1. The van der Waals surface area contributed by atoms with Gasteiger partial charge in [-0.2, -0.15) is 0 Å². The molecule has 0 radical (unpaired) electrons. The monoisotopic (exact) mass is 229 g/mol. The normalized spacial score (nSPS) is 13.1. The first-order chi connectivity index (χ1) is 6.81. The van der Waals surface area contributed by atoms with Gasteiger partial charge in [-0.3, -0.25) is 0 Å². The standard InChI is InChI=1S/C11H23NO2Si/c1-11(2,3)15(4,5)14-12-9-7-6-8-10-13/h9-10H,6-8H2,1-5H3/b12-9+. The zero-order valence-corrected chi connectivity index (χ0v) is 11.5. The van der Waals surface area contributed by atoms with E-state index in [2.05, 4.69) is 39.0 Å². The van der Waals surface area contributed by atoms with E-state index in [0.29, 0.717) is 6.42 Å². The number of unbranched alkanes of at least 4 members (excludes halogenated alkanes) is 2. The van der Waals surface area contributed by atoms with Crippen LogP contribution in [0.25, 0.3) is 0 Å². The number of nitrogens with zero attached hydrogens (tertiary/aromatic N) is 1. The van der Waals surface area contributed by atoms with E-state index in [1.807, 2.05) is 0 Å². The molecule has 0 unspecified atom stereocenters. The van der Waals surface area contributed by atoms with Crippen molar-refractivity contribution in [2.45, 2.75) is 58.2 Å². The van der Waals surface area contributed by atoms with Crippen LogP contribution in [0, 0.1) is 0 Å². The molecule has 0 aliphatic rings. The highest BCUT2D eigenvalue weighted by atomic mass is 28.4. The van der Waals surface area contributed by atoms with Crippen LogP contribution in [-0.2, 0) is 9.32 Å². The number of aldehydes is 1. The van der Waals surface area contributed by atoms with E-state index in [1.165, 1.54) is 0 Å². The Morgan fingerprint density at radius 1 is 1.27 bits per heavy atom. The molecule has 0 atom stereocenters. The highest BCUT2D eigenvalue weighted by molar-refractivity contribution is 6.74. The Labute approximate surface area is 94.0 Å². The fourth-order valence-electron chi connectivity index (χ4n) is 0.651. The topological polar surface area (TPSA) is 38.7 Å². The Morgan fingerprint density at radius 2 is 1.87 bits per heavy atom. The molecule has 88 valence electrons. The van der Waals surface area contributed by atoms with Gasteiger partial charge in [-0.1, -0.05) is 20.8 Å². The summed E-state index contributed by atoms with van der Waals surface area (Å²) in [4.78, 5) is 10.1. The van der Waals surface area contributed by atoms with Crippen LogP contribution in [0.4, 0.5) is 0 Å². The predicted octanol–water partition coefficient (Wildman–Crippen LogP) is 3.36. The largest absolute Gasteiger partial charge is 0.455 e. The molecule has 3 nitrogen and oxygen atoms in total. The molecule has 0 aliphatic carbocycles. The van der Waals surface area contributed by atoms with Crippen molar-refractivity contribution in [2.75, 3.05) is 0 Å². The minimum Gasteiger partial charge on any atom is -0.455 e. The SMILES string of the molecule is CC(C)(C)[Si](C)(C)O/N=C/CCCC=O. The van der Waals surface area contributed by atoms with Crippen LogP contribution in [0.5, 0.6) is 0 Å².